The fourth-order valence-corrected chi connectivity index (χ4v) is 3.26. The van der Waals surface area contributed by atoms with Gasteiger partial charge >= 0.3 is 24.0 Å². The van der Waals surface area contributed by atoms with Gasteiger partial charge in [-0.15, -0.1) is 0 Å². The SMILES string of the molecule is CCOOCCC(NC(=O)NCCCCC(COOC)NC(=O)NC(CCOOCC)C(=O)OCC)C(=O)OCC. The third kappa shape index (κ3) is 20.7. The average Bonchev–Trinajstić information content (AvgIpc) is 2.94. The Hall–Kier alpha value is -2.76. The third-order valence-corrected chi connectivity index (χ3v) is 5.12. The molecule has 0 spiro atoms. The highest BCUT2D eigenvalue weighted by Gasteiger charge is 2.24. The summed E-state index contributed by atoms with van der Waals surface area (Å²) >= 11 is 0. The Morgan fingerprint density at radius 3 is 1.63 bits per heavy atom. The highest BCUT2D eigenvalue weighted by Crippen LogP contribution is 2.04. The van der Waals surface area contributed by atoms with E-state index in [4.69, 9.17) is 33.9 Å². The Morgan fingerprint density at radius 2 is 1.15 bits per heavy atom. The van der Waals surface area contributed by atoms with Crippen molar-refractivity contribution in [3.63, 3.8) is 0 Å². The predicted molar refractivity (Wildman–Crippen MR) is 144 cm³/mol. The van der Waals surface area contributed by atoms with E-state index in [9.17, 15) is 19.2 Å². The van der Waals surface area contributed by atoms with E-state index in [2.05, 4.69) is 26.2 Å². The van der Waals surface area contributed by atoms with Crippen molar-refractivity contribution in [1.29, 1.82) is 0 Å². The molecule has 0 aromatic rings. The van der Waals surface area contributed by atoms with Gasteiger partial charge in [-0.05, 0) is 47.0 Å². The second-order valence-electron chi connectivity index (χ2n) is 8.31. The molecule has 0 aromatic carbocycles. The summed E-state index contributed by atoms with van der Waals surface area (Å²) in [6.07, 6.45) is 1.98. The maximum Gasteiger partial charge on any atom is 0.328 e. The lowest BCUT2D eigenvalue weighted by atomic mass is 10.1. The molecule has 0 radical (unpaired) electrons. The molecule has 3 atom stereocenters. The number of ether oxygens (including phenoxy) is 2. The van der Waals surface area contributed by atoms with Crippen LogP contribution in [0.25, 0.3) is 0 Å². The van der Waals surface area contributed by atoms with Crippen molar-refractivity contribution >= 4 is 24.0 Å². The van der Waals surface area contributed by atoms with E-state index in [0.29, 0.717) is 39.0 Å². The van der Waals surface area contributed by atoms with Gasteiger partial charge in [0.05, 0.1) is 52.8 Å². The van der Waals surface area contributed by atoms with E-state index in [1.54, 1.807) is 27.7 Å². The van der Waals surface area contributed by atoms with Crippen LogP contribution in [0.1, 0.15) is 59.8 Å². The van der Waals surface area contributed by atoms with Crippen LogP contribution < -0.4 is 21.3 Å². The summed E-state index contributed by atoms with van der Waals surface area (Å²) < 4.78 is 10.0. The molecule has 240 valence electrons. The Bertz CT molecular complexity index is 716. The van der Waals surface area contributed by atoms with Gasteiger partial charge in [-0.2, -0.15) is 0 Å². The number of esters is 2. The fourth-order valence-electron chi connectivity index (χ4n) is 3.26. The van der Waals surface area contributed by atoms with Crippen LogP contribution in [-0.4, -0.2) is 102 Å². The van der Waals surface area contributed by atoms with Crippen molar-refractivity contribution in [2.75, 3.05) is 59.9 Å². The summed E-state index contributed by atoms with van der Waals surface area (Å²) in [5, 5.41) is 10.6. The fraction of sp³-hybridized carbons (Fsp3) is 0.840. The monoisotopic (exact) mass is 596 g/mol. The van der Waals surface area contributed by atoms with Crippen LogP contribution in [-0.2, 0) is 48.4 Å². The Morgan fingerprint density at radius 1 is 0.610 bits per heavy atom. The number of hydrogen-bond donors (Lipinski definition) is 4. The van der Waals surface area contributed by atoms with Gasteiger partial charge in [0.1, 0.15) is 18.7 Å². The summed E-state index contributed by atoms with van der Waals surface area (Å²) in [6, 6.07) is -3.41. The number of hydrogen-bond acceptors (Lipinski definition) is 12. The molecule has 0 bridgehead atoms. The van der Waals surface area contributed by atoms with Gasteiger partial charge in [-0.3, -0.25) is 0 Å². The second kappa shape index (κ2) is 26.2. The first-order valence-electron chi connectivity index (χ1n) is 13.9. The predicted octanol–water partition coefficient (Wildman–Crippen LogP) is 1.28. The number of unbranched alkanes of at least 4 members (excludes halogenated alkanes) is 1. The van der Waals surface area contributed by atoms with Crippen molar-refractivity contribution in [2.24, 2.45) is 0 Å². The van der Waals surface area contributed by atoms with Crippen molar-refractivity contribution in [3.8, 4) is 0 Å². The van der Waals surface area contributed by atoms with Gasteiger partial charge < -0.3 is 30.7 Å². The maximum absolute atomic E-state index is 12.6. The molecule has 0 rings (SSSR count). The van der Waals surface area contributed by atoms with E-state index in [-0.39, 0.29) is 45.9 Å². The Balaban J connectivity index is 4.68. The van der Waals surface area contributed by atoms with Crippen LogP contribution in [0.3, 0.4) is 0 Å². The zero-order valence-electron chi connectivity index (χ0n) is 24.8. The molecule has 16 heteroatoms. The van der Waals surface area contributed by atoms with Crippen LogP contribution in [0.5, 0.6) is 0 Å². The zero-order chi connectivity index (χ0) is 30.7. The number of amides is 4. The molecular weight excluding hydrogens is 548 g/mol. The number of carbonyl (C=O) groups is 4. The van der Waals surface area contributed by atoms with Crippen LogP contribution in [0.4, 0.5) is 9.59 Å². The molecule has 0 saturated heterocycles. The van der Waals surface area contributed by atoms with Crippen LogP contribution >= 0.6 is 0 Å². The standard InChI is InChI=1S/C25H48N4O12/c1-6-35-22(30)20(13-16-39-37-8-3)28-24(32)26-15-11-10-12-19(18-41-34-5)27-25(33)29-21(23(31)36-7-2)14-17-40-38-9-4/h19-21H,6-18H2,1-5H3,(H2,26,28,32)(H2,27,29,33). The van der Waals surface area contributed by atoms with E-state index >= 15 is 0 Å². The van der Waals surface area contributed by atoms with Crippen molar-refractivity contribution in [2.45, 2.75) is 77.9 Å². The molecule has 4 N–H and O–H groups in total. The minimum Gasteiger partial charge on any atom is -0.464 e. The van der Waals surface area contributed by atoms with Crippen LogP contribution in [0.2, 0.25) is 0 Å². The van der Waals surface area contributed by atoms with Gasteiger partial charge in [0, 0.05) is 19.4 Å². The van der Waals surface area contributed by atoms with Crippen molar-refractivity contribution < 1.29 is 58.0 Å². The number of rotatable bonds is 25. The normalized spacial score (nSPS) is 13.0. The molecule has 0 aliphatic heterocycles. The zero-order valence-corrected chi connectivity index (χ0v) is 24.8. The number of nitrogens with one attached hydrogen (secondary N) is 4. The third-order valence-electron chi connectivity index (χ3n) is 5.12. The smallest absolute Gasteiger partial charge is 0.328 e. The highest BCUT2D eigenvalue weighted by molar-refractivity contribution is 5.84. The van der Waals surface area contributed by atoms with E-state index in [0.717, 1.165) is 0 Å². The summed E-state index contributed by atoms with van der Waals surface area (Å²) in [7, 11) is 1.35. The molecule has 0 heterocycles. The lowest BCUT2D eigenvalue weighted by molar-refractivity contribution is -0.291. The molecule has 0 aliphatic carbocycles. The molecule has 0 aliphatic rings. The molecule has 41 heavy (non-hydrogen) atoms. The molecule has 0 fully saturated rings. The maximum atomic E-state index is 12.6. The van der Waals surface area contributed by atoms with Gasteiger partial charge in [-0.25, -0.2) is 48.5 Å². The van der Waals surface area contributed by atoms with Gasteiger partial charge in [0.2, 0.25) is 0 Å². The topological polar surface area (TPSA) is 190 Å². The first-order valence-corrected chi connectivity index (χ1v) is 13.9. The molecule has 16 nitrogen and oxygen atoms in total. The van der Waals surface area contributed by atoms with E-state index < -0.39 is 42.1 Å². The summed E-state index contributed by atoms with van der Waals surface area (Å²) in [5.74, 6) is -1.16. The molecule has 3 unspecified atom stereocenters. The van der Waals surface area contributed by atoms with E-state index in [1.807, 2.05) is 0 Å². The molecular formula is C25H48N4O12. The number of urea groups is 2. The average molecular weight is 597 g/mol. The lowest BCUT2D eigenvalue weighted by Crippen LogP contribution is -2.51. The minimum absolute atomic E-state index is 0.0559. The summed E-state index contributed by atoms with van der Waals surface area (Å²) in [5.41, 5.74) is 0. The first kappa shape index (κ1) is 38.2. The summed E-state index contributed by atoms with van der Waals surface area (Å²) in [6.45, 7) is 8.44. The minimum atomic E-state index is -0.939. The van der Waals surface area contributed by atoms with Crippen molar-refractivity contribution in [3.05, 3.63) is 0 Å². The quantitative estimate of drug-likeness (QED) is 0.0512. The highest BCUT2D eigenvalue weighted by atomic mass is 17.2. The summed E-state index contributed by atoms with van der Waals surface area (Å²) in [4.78, 5) is 78.4. The second-order valence-corrected chi connectivity index (χ2v) is 8.31. The number of carbonyl (C=O) groups excluding carboxylic acids is 4. The Labute approximate surface area is 241 Å². The largest absolute Gasteiger partial charge is 0.464 e. The molecule has 4 amide bonds. The first-order chi connectivity index (χ1) is 19.8. The van der Waals surface area contributed by atoms with Gasteiger partial charge in [0.25, 0.3) is 0 Å². The van der Waals surface area contributed by atoms with Gasteiger partial charge in [-0.1, -0.05) is 0 Å². The van der Waals surface area contributed by atoms with Crippen molar-refractivity contribution in [1.82, 2.24) is 21.3 Å². The molecule has 0 saturated carbocycles. The van der Waals surface area contributed by atoms with Gasteiger partial charge in [0.15, 0.2) is 0 Å². The van der Waals surface area contributed by atoms with Crippen LogP contribution in [0.15, 0.2) is 0 Å². The Kier molecular flexibility index (Phi) is 24.4. The lowest BCUT2D eigenvalue weighted by Gasteiger charge is -2.21. The molecule has 0 aromatic heterocycles. The van der Waals surface area contributed by atoms with Crippen LogP contribution in [0, 0.1) is 0 Å². The van der Waals surface area contributed by atoms with E-state index in [1.165, 1.54) is 7.11 Å².